The van der Waals surface area contributed by atoms with Gasteiger partial charge in [0, 0.05) is 24.8 Å². The summed E-state index contributed by atoms with van der Waals surface area (Å²) in [4.78, 5) is 4.69. The number of fused-ring (bicyclic) bond motifs is 1. The number of benzene rings is 1. The number of nitrogens with two attached hydrogens (primary N) is 1. The summed E-state index contributed by atoms with van der Waals surface area (Å²) < 4.78 is 7.37. The number of aromatic nitrogens is 2. The Hall–Kier alpha value is -1.10. The molecule has 1 unspecified atom stereocenters. The number of nitrogens with zero attached hydrogens (tertiary/aromatic N) is 2. The van der Waals surface area contributed by atoms with Gasteiger partial charge in [-0.2, -0.15) is 0 Å². The molecule has 102 valence electrons. The lowest BCUT2D eigenvalue weighted by molar-refractivity contribution is 0.186. The number of imidazole rings is 1. The van der Waals surface area contributed by atoms with Crippen LogP contribution in [0.25, 0.3) is 11.0 Å². The summed E-state index contributed by atoms with van der Waals surface area (Å²) in [5.41, 5.74) is 8.32. The molecule has 5 heteroatoms. The molecule has 3 rings (SSSR count). The van der Waals surface area contributed by atoms with Gasteiger partial charge >= 0.3 is 0 Å². The summed E-state index contributed by atoms with van der Waals surface area (Å²) in [6.45, 7) is 0.649. The first kappa shape index (κ1) is 12.9. The van der Waals surface area contributed by atoms with Gasteiger partial charge in [-0.1, -0.05) is 11.6 Å². The highest BCUT2D eigenvalue weighted by atomic mass is 35.5. The number of hydrogen-bond donors (Lipinski definition) is 1. The molecular formula is C14H18ClN3O. The highest BCUT2D eigenvalue weighted by Gasteiger charge is 2.30. The van der Waals surface area contributed by atoms with Crippen LogP contribution in [0.2, 0.25) is 5.02 Å². The third-order valence-corrected chi connectivity index (χ3v) is 3.79. The van der Waals surface area contributed by atoms with Crippen molar-refractivity contribution >= 4 is 22.6 Å². The molecule has 1 fully saturated rings. The van der Waals surface area contributed by atoms with E-state index in [1.165, 1.54) is 12.8 Å². The van der Waals surface area contributed by atoms with Crippen LogP contribution in [0.4, 0.5) is 0 Å². The summed E-state index contributed by atoms with van der Waals surface area (Å²) in [6, 6.07) is 6.26. The molecule has 0 spiro atoms. The van der Waals surface area contributed by atoms with Crippen molar-refractivity contribution in [3.05, 3.63) is 29.0 Å². The lowest BCUT2D eigenvalue weighted by atomic mass is 10.2. The van der Waals surface area contributed by atoms with Crippen molar-refractivity contribution in [2.45, 2.75) is 31.3 Å². The monoisotopic (exact) mass is 279 g/mol. The second-order valence-corrected chi connectivity index (χ2v) is 5.53. The van der Waals surface area contributed by atoms with E-state index in [-0.39, 0.29) is 6.04 Å². The molecule has 1 aliphatic rings. The molecule has 1 aromatic heterocycles. The van der Waals surface area contributed by atoms with Crippen LogP contribution in [0.5, 0.6) is 0 Å². The molecule has 0 bridgehead atoms. The number of methoxy groups -OCH3 is 1. The Morgan fingerprint density at radius 1 is 1.53 bits per heavy atom. The molecule has 0 amide bonds. The summed E-state index contributed by atoms with van der Waals surface area (Å²) >= 11 is 6.10. The van der Waals surface area contributed by atoms with Crippen LogP contribution in [0, 0.1) is 0 Å². The van der Waals surface area contributed by atoms with Gasteiger partial charge in [0.05, 0.1) is 17.1 Å². The van der Waals surface area contributed by atoms with Crippen molar-refractivity contribution in [2.24, 2.45) is 5.73 Å². The van der Waals surface area contributed by atoms with Crippen molar-refractivity contribution in [1.29, 1.82) is 0 Å². The third kappa shape index (κ3) is 2.48. The molecular weight excluding hydrogens is 262 g/mol. The quantitative estimate of drug-likeness (QED) is 0.915. The van der Waals surface area contributed by atoms with Crippen LogP contribution in [0.3, 0.4) is 0 Å². The van der Waals surface area contributed by atoms with Gasteiger partial charge in [-0.3, -0.25) is 0 Å². The minimum absolute atomic E-state index is 0.0910. The Labute approximate surface area is 117 Å². The zero-order valence-electron chi connectivity index (χ0n) is 11.0. The number of halogens is 1. The Bertz CT molecular complexity index is 592. The van der Waals surface area contributed by atoms with Gasteiger partial charge in [0.2, 0.25) is 0 Å². The van der Waals surface area contributed by atoms with E-state index in [2.05, 4.69) is 4.57 Å². The van der Waals surface area contributed by atoms with Crippen LogP contribution in [0.15, 0.2) is 18.2 Å². The average Bonchev–Trinajstić information content (AvgIpc) is 3.17. The highest BCUT2D eigenvalue weighted by Crippen LogP contribution is 2.40. The normalized spacial score (nSPS) is 17.0. The first-order valence-electron chi connectivity index (χ1n) is 6.62. The summed E-state index contributed by atoms with van der Waals surface area (Å²) in [5.74, 6) is 0.955. The fourth-order valence-corrected chi connectivity index (χ4v) is 2.60. The van der Waals surface area contributed by atoms with E-state index in [0.717, 1.165) is 28.3 Å². The first-order chi connectivity index (χ1) is 9.20. The molecule has 0 radical (unpaired) electrons. The van der Waals surface area contributed by atoms with Crippen molar-refractivity contribution in [3.63, 3.8) is 0 Å². The number of ether oxygens (including phenoxy) is 1. The SMILES string of the molecule is COCCC(N)c1nc2ccc(Cl)cc2n1C1CC1. The van der Waals surface area contributed by atoms with Gasteiger partial charge < -0.3 is 15.0 Å². The molecule has 1 aromatic carbocycles. The molecule has 19 heavy (non-hydrogen) atoms. The maximum atomic E-state index is 6.25. The Morgan fingerprint density at radius 3 is 3.00 bits per heavy atom. The molecule has 0 aliphatic heterocycles. The highest BCUT2D eigenvalue weighted by molar-refractivity contribution is 6.31. The maximum absolute atomic E-state index is 6.25. The van der Waals surface area contributed by atoms with Crippen molar-refractivity contribution in [3.8, 4) is 0 Å². The van der Waals surface area contributed by atoms with Gasteiger partial charge in [0.1, 0.15) is 5.82 Å². The minimum Gasteiger partial charge on any atom is -0.385 e. The van der Waals surface area contributed by atoms with Gasteiger partial charge in [-0.15, -0.1) is 0 Å². The largest absolute Gasteiger partial charge is 0.385 e. The first-order valence-corrected chi connectivity index (χ1v) is 7.00. The summed E-state index contributed by atoms with van der Waals surface area (Å²) in [7, 11) is 1.69. The Kier molecular flexibility index (Phi) is 3.48. The number of hydrogen-bond acceptors (Lipinski definition) is 3. The second kappa shape index (κ2) is 5.12. The van der Waals surface area contributed by atoms with E-state index >= 15 is 0 Å². The predicted molar refractivity (Wildman–Crippen MR) is 76.4 cm³/mol. The van der Waals surface area contributed by atoms with E-state index in [1.54, 1.807) is 7.11 Å². The molecule has 0 saturated heterocycles. The molecule has 1 heterocycles. The van der Waals surface area contributed by atoms with Crippen molar-refractivity contribution in [1.82, 2.24) is 9.55 Å². The summed E-state index contributed by atoms with van der Waals surface area (Å²) in [5, 5.41) is 0.742. The fraction of sp³-hybridized carbons (Fsp3) is 0.500. The molecule has 1 aliphatic carbocycles. The minimum atomic E-state index is -0.0910. The summed E-state index contributed by atoms with van der Waals surface area (Å²) in [6.07, 6.45) is 3.17. The van der Waals surface area contributed by atoms with Gasteiger partial charge in [0.25, 0.3) is 0 Å². The fourth-order valence-electron chi connectivity index (χ4n) is 2.44. The predicted octanol–water partition coefficient (Wildman–Crippen LogP) is 3.06. The molecule has 2 aromatic rings. The molecule has 4 nitrogen and oxygen atoms in total. The number of rotatable bonds is 5. The smallest absolute Gasteiger partial charge is 0.127 e. The van der Waals surface area contributed by atoms with E-state index in [9.17, 15) is 0 Å². The van der Waals surface area contributed by atoms with E-state index in [0.29, 0.717) is 12.6 Å². The topological polar surface area (TPSA) is 53.1 Å². The Balaban J connectivity index is 2.05. The van der Waals surface area contributed by atoms with Crippen LogP contribution < -0.4 is 5.73 Å². The zero-order valence-corrected chi connectivity index (χ0v) is 11.7. The van der Waals surface area contributed by atoms with E-state index < -0.39 is 0 Å². The lowest BCUT2D eigenvalue weighted by Gasteiger charge is -2.13. The van der Waals surface area contributed by atoms with Crippen molar-refractivity contribution < 1.29 is 4.74 Å². The van der Waals surface area contributed by atoms with Gasteiger partial charge in [0.15, 0.2) is 0 Å². The maximum Gasteiger partial charge on any atom is 0.127 e. The van der Waals surface area contributed by atoms with Crippen LogP contribution in [-0.2, 0) is 4.74 Å². The van der Waals surface area contributed by atoms with Crippen molar-refractivity contribution in [2.75, 3.05) is 13.7 Å². The van der Waals surface area contributed by atoms with Gasteiger partial charge in [-0.05, 0) is 37.5 Å². The zero-order chi connectivity index (χ0) is 13.4. The third-order valence-electron chi connectivity index (χ3n) is 3.56. The Morgan fingerprint density at radius 2 is 2.32 bits per heavy atom. The second-order valence-electron chi connectivity index (χ2n) is 5.09. The van der Waals surface area contributed by atoms with E-state index in [1.807, 2.05) is 18.2 Å². The average molecular weight is 280 g/mol. The molecule has 2 N–H and O–H groups in total. The van der Waals surface area contributed by atoms with Crippen LogP contribution in [0.1, 0.15) is 37.2 Å². The standard InChI is InChI=1S/C14H18ClN3O/c1-19-7-6-11(16)14-17-12-5-2-9(15)8-13(12)18(14)10-3-4-10/h2,5,8,10-11H,3-4,6-7,16H2,1H3. The van der Waals surface area contributed by atoms with Gasteiger partial charge in [-0.25, -0.2) is 4.98 Å². The lowest BCUT2D eigenvalue weighted by Crippen LogP contribution is -2.18. The van der Waals surface area contributed by atoms with Crippen LogP contribution in [-0.4, -0.2) is 23.3 Å². The van der Waals surface area contributed by atoms with Crippen LogP contribution >= 0.6 is 11.6 Å². The molecule has 1 atom stereocenters. The molecule has 1 saturated carbocycles. The van der Waals surface area contributed by atoms with E-state index in [4.69, 9.17) is 27.1 Å².